The van der Waals surface area contributed by atoms with Gasteiger partial charge in [0.25, 0.3) is 5.91 Å². The molecular weight excluding hydrogens is 439 g/mol. The zero-order chi connectivity index (χ0) is 22.5. The summed E-state index contributed by atoms with van der Waals surface area (Å²) in [6.07, 6.45) is 2.68. The lowest BCUT2D eigenvalue weighted by Crippen LogP contribution is -2.44. The summed E-state index contributed by atoms with van der Waals surface area (Å²) >= 11 is 0. The maximum Gasteiger partial charge on any atom is 0.322 e. The Morgan fingerprint density at radius 2 is 2.06 bits per heavy atom. The van der Waals surface area contributed by atoms with Crippen LogP contribution in [-0.4, -0.2) is 37.4 Å². The molecule has 3 N–H and O–H groups in total. The van der Waals surface area contributed by atoms with Crippen molar-refractivity contribution in [3.8, 4) is 11.5 Å². The number of halogens is 1. The van der Waals surface area contributed by atoms with Crippen LogP contribution in [0.25, 0.3) is 22.4 Å². The summed E-state index contributed by atoms with van der Waals surface area (Å²) in [6, 6.07) is 8.22. The molecule has 3 amide bonds. The molecule has 3 aromatic rings. The molecule has 9 nitrogen and oxygen atoms in total. The number of amides is 3. The van der Waals surface area contributed by atoms with Gasteiger partial charge in [-0.25, -0.2) is 22.3 Å². The molecule has 11 heteroatoms. The second kappa shape index (κ2) is 7.38. The summed E-state index contributed by atoms with van der Waals surface area (Å²) in [7, 11) is -3.82. The molecule has 2 unspecified atom stereocenters. The van der Waals surface area contributed by atoms with Crippen LogP contribution in [0.2, 0.25) is 0 Å². The number of fused-ring (bicyclic) bond motifs is 1. The number of hydrogen-bond acceptors (Lipinski definition) is 6. The first-order valence-corrected chi connectivity index (χ1v) is 11.5. The summed E-state index contributed by atoms with van der Waals surface area (Å²) in [6.45, 7) is 0.143. The molecule has 0 radical (unpaired) electrons. The third-order valence-corrected chi connectivity index (χ3v) is 7.38. The molecule has 1 aromatic carbocycles. The van der Waals surface area contributed by atoms with E-state index in [0.717, 1.165) is 0 Å². The fourth-order valence-electron chi connectivity index (χ4n) is 4.31. The molecule has 1 spiro atoms. The number of nitrogens with zero attached hydrogens (tertiary/aromatic N) is 1. The Labute approximate surface area is 182 Å². The monoisotopic (exact) mass is 458 g/mol. The highest BCUT2D eigenvalue weighted by Gasteiger charge is 2.50. The molecule has 32 heavy (non-hydrogen) atoms. The van der Waals surface area contributed by atoms with Crippen molar-refractivity contribution in [2.45, 2.75) is 29.7 Å². The molecule has 5 rings (SSSR count). The lowest BCUT2D eigenvalue weighted by Gasteiger charge is -2.19. The number of carbonyl (C=O) groups is 2. The van der Waals surface area contributed by atoms with Gasteiger partial charge in [0, 0.05) is 18.1 Å². The third kappa shape index (κ3) is 3.63. The van der Waals surface area contributed by atoms with Crippen LogP contribution in [0.1, 0.15) is 19.3 Å². The quantitative estimate of drug-likeness (QED) is 0.503. The number of furan rings is 1. The minimum Gasteiger partial charge on any atom is -0.454 e. The van der Waals surface area contributed by atoms with Gasteiger partial charge in [0.15, 0.2) is 5.76 Å². The van der Waals surface area contributed by atoms with Crippen LogP contribution in [-0.2, 0) is 14.8 Å². The predicted octanol–water partition coefficient (Wildman–Crippen LogP) is 2.29. The number of urea groups is 1. The van der Waals surface area contributed by atoms with Crippen LogP contribution >= 0.6 is 0 Å². The molecular formula is C21H19FN4O5S. The van der Waals surface area contributed by atoms with Crippen molar-refractivity contribution in [1.29, 1.82) is 0 Å². The van der Waals surface area contributed by atoms with E-state index in [-0.39, 0.29) is 29.1 Å². The van der Waals surface area contributed by atoms with Gasteiger partial charge in [0.1, 0.15) is 27.5 Å². The summed E-state index contributed by atoms with van der Waals surface area (Å²) in [5.74, 6) is -0.428. The van der Waals surface area contributed by atoms with Crippen LogP contribution in [0, 0.1) is 11.7 Å². The van der Waals surface area contributed by atoms with Gasteiger partial charge in [0.05, 0.1) is 0 Å². The normalized spacial score (nSPS) is 23.1. The van der Waals surface area contributed by atoms with Gasteiger partial charge in [-0.1, -0.05) is 0 Å². The number of aromatic nitrogens is 1. The molecule has 0 bridgehead atoms. The first-order chi connectivity index (χ1) is 15.2. The van der Waals surface area contributed by atoms with Gasteiger partial charge in [-0.15, -0.1) is 0 Å². The van der Waals surface area contributed by atoms with E-state index in [0.29, 0.717) is 41.7 Å². The number of sulfonamides is 1. The lowest BCUT2D eigenvalue weighted by atomic mass is 9.96. The fourth-order valence-corrected chi connectivity index (χ4v) is 5.37. The van der Waals surface area contributed by atoms with E-state index >= 15 is 0 Å². The molecule has 166 valence electrons. The van der Waals surface area contributed by atoms with Crippen molar-refractivity contribution in [3.05, 3.63) is 48.4 Å². The predicted molar refractivity (Wildman–Crippen MR) is 111 cm³/mol. The molecule has 2 aliphatic rings. The maximum atomic E-state index is 13.4. The molecule has 3 heterocycles. The number of carbonyl (C=O) groups excluding carboxylic acids is 2. The summed E-state index contributed by atoms with van der Waals surface area (Å²) in [5.41, 5.74) is -0.0179. The van der Waals surface area contributed by atoms with E-state index in [1.54, 1.807) is 6.07 Å². The Morgan fingerprint density at radius 3 is 2.78 bits per heavy atom. The highest BCUT2D eigenvalue weighted by atomic mass is 32.2. The van der Waals surface area contributed by atoms with Gasteiger partial charge in [-0.05, 0) is 61.6 Å². The van der Waals surface area contributed by atoms with Gasteiger partial charge in [-0.3, -0.25) is 15.1 Å². The van der Waals surface area contributed by atoms with Gasteiger partial charge in [-0.2, -0.15) is 0 Å². The van der Waals surface area contributed by atoms with E-state index in [9.17, 15) is 22.4 Å². The Hall–Kier alpha value is -3.31. The SMILES string of the molecule is O=C1NC(=O)C2(CCC(CNS(=O)(=O)c3ccc(-c4cc5cc(F)ccc5o4)nc3)C2)N1. The van der Waals surface area contributed by atoms with E-state index in [2.05, 4.69) is 20.3 Å². The van der Waals surface area contributed by atoms with Crippen molar-refractivity contribution in [2.75, 3.05) is 6.54 Å². The average Bonchev–Trinajstić information content (AvgIpc) is 3.44. The second-order valence-corrected chi connectivity index (χ2v) is 9.89. The minimum atomic E-state index is -3.82. The summed E-state index contributed by atoms with van der Waals surface area (Å²) in [5, 5.41) is 5.48. The van der Waals surface area contributed by atoms with E-state index in [4.69, 9.17) is 4.42 Å². The standard InChI is InChI=1S/C21H19FN4O5S/c22-14-1-4-17-13(7-14)8-18(31-17)16-3-2-15(11-23-16)32(29,30)24-10-12-5-6-21(9-12)19(27)25-20(28)26-21/h1-4,7-8,11-12,24H,5-6,9-10H2,(H2,25,26,27,28). The molecule has 2 atom stereocenters. The topological polar surface area (TPSA) is 130 Å². The summed E-state index contributed by atoms with van der Waals surface area (Å²) < 4.78 is 46.9. The molecule has 1 saturated carbocycles. The van der Waals surface area contributed by atoms with E-state index in [1.165, 1.54) is 36.5 Å². The Balaban J connectivity index is 1.26. The van der Waals surface area contributed by atoms with Gasteiger partial charge >= 0.3 is 6.03 Å². The van der Waals surface area contributed by atoms with Crippen LogP contribution in [0.4, 0.5) is 9.18 Å². The molecule has 1 saturated heterocycles. The van der Waals surface area contributed by atoms with Crippen LogP contribution in [0.3, 0.4) is 0 Å². The first-order valence-electron chi connectivity index (χ1n) is 10.0. The summed E-state index contributed by atoms with van der Waals surface area (Å²) in [4.78, 5) is 27.6. The van der Waals surface area contributed by atoms with Crippen LogP contribution < -0.4 is 15.4 Å². The van der Waals surface area contributed by atoms with E-state index in [1.807, 2.05) is 0 Å². The Bertz CT molecular complexity index is 1340. The first kappa shape index (κ1) is 20.6. The number of pyridine rings is 1. The molecule has 1 aliphatic heterocycles. The third-order valence-electron chi connectivity index (χ3n) is 5.97. The number of hydrogen-bond donors (Lipinski definition) is 3. The smallest absolute Gasteiger partial charge is 0.322 e. The average molecular weight is 458 g/mol. The zero-order valence-corrected chi connectivity index (χ0v) is 17.5. The van der Waals surface area contributed by atoms with Crippen molar-refractivity contribution in [2.24, 2.45) is 5.92 Å². The van der Waals surface area contributed by atoms with E-state index < -0.39 is 21.6 Å². The van der Waals surface area contributed by atoms with Crippen molar-refractivity contribution >= 4 is 32.9 Å². The molecule has 2 aromatic heterocycles. The number of rotatable bonds is 5. The van der Waals surface area contributed by atoms with Crippen LogP contribution in [0.15, 0.2) is 51.9 Å². The second-order valence-electron chi connectivity index (χ2n) is 8.12. The van der Waals surface area contributed by atoms with Gasteiger partial charge in [0.2, 0.25) is 10.0 Å². The van der Waals surface area contributed by atoms with Crippen molar-refractivity contribution < 1.29 is 26.8 Å². The highest BCUT2D eigenvalue weighted by molar-refractivity contribution is 7.89. The Kier molecular flexibility index (Phi) is 4.75. The number of benzene rings is 1. The molecule has 1 aliphatic carbocycles. The molecule has 2 fully saturated rings. The lowest BCUT2D eigenvalue weighted by molar-refractivity contribution is -0.123. The largest absolute Gasteiger partial charge is 0.454 e. The fraction of sp³-hybridized carbons (Fsp3) is 0.286. The highest BCUT2D eigenvalue weighted by Crippen LogP contribution is 2.36. The number of imide groups is 1. The van der Waals surface area contributed by atoms with Gasteiger partial charge < -0.3 is 9.73 Å². The number of nitrogens with one attached hydrogen (secondary N) is 3. The van der Waals surface area contributed by atoms with Crippen molar-refractivity contribution in [1.82, 2.24) is 20.3 Å². The minimum absolute atomic E-state index is 0.0111. The van der Waals surface area contributed by atoms with Crippen molar-refractivity contribution in [3.63, 3.8) is 0 Å². The van der Waals surface area contributed by atoms with Crippen LogP contribution in [0.5, 0.6) is 0 Å². The Morgan fingerprint density at radius 1 is 1.22 bits per heavy atom. The zero-order valence-electron chi connectivity index (χ0n) is 16.7. The maximum absolute atomic E-state index is 13.4.